The summed E-state index contributed by atoms with van der Waals surface area (Å²) in [5, 5.41) is 3.27. The van der Waals surface area contributed by atoms with E-state index in [0.29, 0.717) is 0 Å². The van der Waals surface area contributed by atoms with Gasteiger partial charge in [0.25, 0.3) is 6.71 Å². The van der Waals surface area contributed by atoms with E-state index in [4.69, 9.17) is 11.6 Å². The summed E-state index contributed by atoms with van der Waals surface area (Å²) in [7, 11) is 0. The van der Waals surface area contributed by atoms with Crippen molar-refractivity contribution in [3.8, 4) is 11.1 Å². The van der Waals surface area contributed by atoms with Crippen molar-refractivity contribution in [1.82, 2.24) is 0 Å². The molecule has 11 rings (SSSR count). The number of rotatable bonds is 3. The average molecular weight is 787 g/mol. The van der Waals surface area contributed by atoms with E-state index in [9.17, 15) is 0 Å². The normalized spacial score (nSPS) is 20.3. The van der Waals surface area contributed by atoms with Crippen molar-refractivity contribution >= 4 is 73.9 Å². The Labute approximate surface area is 355 Å². The van der Waals surface area contributed by atoms with Crippen molar-refractivity contribution in [2.45, 2.75) is 95.9 Å². The predicted molar refractivity (Wildman–Crippen MR) is 254 cm³/mol. The molecule has 1 fully saturated rings. The van der Waals surface area contributed by atoms with Gasteiger partial charge in [-0.15, -0.1) is 0 Å². The lowest BCUT2D eigenvalue weighted by molar-refractivity contribution is 0.215. The fourth-order valence-electron chi connectivity index (χ4n) is 11.8. The van der Waals surface area contributed by atoms with E-state index >= 15 is 0 Å². The quantitative estimate of drug-likeness (QED) is 0.165. The maximum absolute atomic E-state index is 7.49. The van der Waals surface area contributed by atoms with E-state index < -0.39 is 0 Å². The van der Waals surface area contributed by atoms with Crippen molar-refractivity contribution in [3.05, 3.63) is 167 Å². The maximum Gasteiger partial charge on any atom is 0.252 e. The minimum Gasteiger partial charge on any atom is -0.335 e. The monoisotopic (exact) mass is 786 g/mol. The Bertz CT molecular complexity index is 2870. The van der Waals surface area contributed by atoms with Crippen molar-refractivity contribution in [1.29, 1.82) is 0 Å². The third-order valence-corrected chi connectivity index (χ3v) is 14.9. The smallest absolute Gasteiger partial charge is 0.252 e. The third-order valence-electron chi connectivity index (χ3n) is 14.7. The first-order chi connectivity index (χ1) is 28.3. The van der Waals surface area contributed by atoms with Crippen molar-refractivity contribution in [3.63, 3.8) is 0 Å². The van der Waals surface area contributed by atoms with Crippen LogP contribution in [0.25, 0.3) is 21.9 Å². The highest BCUT2D eigenvalue weighted by Crippen LogP contribution is 2.64. The summed E-state index contributed by atoms with van der Waals surface area (Å²) in [5.74, 6) is 0. The molecule has 7 aromatic rings. The summed E-state index contributed by atoms with van der Waals surface area (Å²) in [6.45, 7) is 16.6. The summed E-state index contributed by atoms with van der Waals surface area (Å²) in [6, 6.07) is 53.4. The largest absolute Gasteiger partial charge is 0.335 e. The second-order valence-corrected chi connectivity index (χ2v) is 20.5. The SMILES string of the molecule is CC(C)(C)c1ccc2c(c1)B1c3cccc4c3N(c3cc(Cl)cc(c31)N2c1ccc(C(C)(C)C)cc1-c1ccc2ccccc2c1)C1(C)CCCCC41c1ccccc1. The zero-order chi connectivity index (χ0) is 40.6. The number of fused-ring (bicyclic) bond motifs is 8. The molecule has 1 saturated carbocycles. The van der Waals surface area contributed by atoms with Crippen LogP contribution in [0.3, 0.4) is 0 Å². The fraction of sp³-hybridized carbons (Fsp3) is 0.273. The van der Waals surface area contributed by atoms with Gasteiger partial charge in [-0.05, 0) is 122 Å². The maximum atomic E-state index is 7.49. The molecule has 0 amide bonds. The number of anilines is 5. The van der Waals surface area contributed by atoms with Crippen LogP contribution in [0.1, 0.15) is 96.4 Å². The van der Waals surface area contributed by atoms with Gasteiger partial charge < -0.3 is 9.80 Å². The molecule has 0 aromatic heterocycles. The van der Waals surface area contributed by atoms with E-state index in [2.05, 4.69) is 198 Å². The number of hydrogen-bond donors (Lipinski definition) is 0. The Morgan fingerprint density at radius 1 is 0.576 bits per heavy atom. The Kier molecular flexibility index (Phi) is 7.88. The van der Waals surface area contributed by atoms with Gasteiger partial charge in [0.2, 0.25) is 0 Å². The van der Waals surface area contributed by atoms with Gasteiger partial charge in [-0.3, -0.25) is 0 Å². The molecule has 0 bridgehead atoms. The van der Waals surface area contributed by atoms with Crippen molar-refractivity contribution in [2.24, 2.45) is 0 Å². The molecule has 2 atom stereocenters. The van der Waals surface area contributed by atoms with Crippen molar-refractivity contribution in [2.75, 3.05) is 9.80 Å². The highest BCUT2D eigenvalue weighted by molar-refractivity contribution is 7.00. The molecule has 4 heteroatoms. The van der Waals surface area contributed by atoms with E-state index in [1.807, 2.05) is 0 Å². The molecule has 7 aromatic carbocycles. The van der Waals surface area contributed by atoms with Crippen LogP contribution in [0.4, 0.5) is 28.4 Å². The van der Waals surface area contributed by atoms with E-state index in [1.165, 1.54) is 102 Å². The van der Waals surface area contributed by atoms with Gasteiger partial charge in [-0.1, -0.05) is 169 Å². The molecule has 0 radical (unpaired) electrons. The van der Waals surface area contributed by atoms with Crippen LogP contribution in [-0.2, 0) is 16.2 Å². The minimum absolute atomic E-state index is 0.0211. The first-order valence-corrected chi connectivity index (χ1v) is 22.1. The molecule has 0 saturated heterocycles. The number of halogens is 1. The van der Waals surface area contributed by atoms with Gasteiger partial charge >= 0.3 is 0 Å². The van der Waals surface area contributed by atoms with Crippen LogP contribution < -0.4 is 26.2 Å². The van der Waals surface area contributed by atoms with Gasteiger partial charge in [0.05, 0.1) is 11.2 Å². The van der Waals surface area contributed by atoms with Gasteiger partial charge in [0.1, 0.15) is 0 Å². The zero-order valence-electron chi connectivity index (χ0n) is 35.5. The number of nitrogens with zero attached hydrogens (tertiary/aromatic N) is 2. The molecular formula is C55H52BClN2. The molecule has 2 nitrogen and oxygen atoms in total. The number of benzene rings is 7. The van der Waals surface area contributed by atoms with Gasteiger partial charge in [-0.2, -0.15) is 0 Å². The van der Waals surface area contributed by atoms with Crippen LogP contribution in [0, 0.1) is 0 Å². The van der Waals surface area contributed by atoms with Gasteiger partial charge in [0, 0.05) is 38.8 Å². The topological polar surface area (TPSA) is 6.48 Å². The summed E-state index contributed by atoms with van der Waals surface area (Å²) in [6.07, 6.45) is 4.65. The second-order valence-electron chi connectivity index (χ2n) is 20.0. The Morgan fingerprint density at radius 2 is 1.25 bits per heavy atom. The summed E-state index contributed by atoms with van der Waals surface area (Å²) < 4.78 is 0. The molecule has 59 heavy (non-hydrogen) atoms. The van der Waals surface area contributed by atoms with E-state index in [1.54, 1.807) is 0 Å². The average Bonchev–Trinajstić information content (AvgIpc) is 3.47. The summed E-state index contributed by atoms with van der Waals surface area (Å²) in [4.78, 5) is 5.35. The van der Waals surface area contributed by atoms with Gasteiger partial charge in [-0.25, -0.2) is 0 Å². The molecule has 3 aliphatic heterocycles. The molecule has 3 heterocycles. The fourth-order valence-corrected chi connectivity index (χ4v) is 12.0. The first kappa shape index (κ1) is 36.8. The van der Waals surface area contributed by atoms with E-state index in [0.717, 1.165) is 17.9 Å². The van der Waals surface area contributed by atoms with Crippen molar-refractivity contribution < 1.29 is 0 Å². The van der Waals surface area contributed by atoms with Crippen LogP contribution in [-0.4, -0.2) is 12.3 Å². The summed E-state index contributed by atoms with van der Waals surface area (Å²) in [5.41, 5.74) is 18.0. The third kappa shape index (κ3) is 5.13. The molecule has 0 spiro atoms. The molecule has 1 aliphatic carbocycles. The van der Waals surface area contributed by atoms with Crippen LogP contribution in [0.15, 0.2) is 140 Å². The highest BCUT2D eigenvalue weighted by Gasteiger charge is 2.64. The van der Waals surface area contributed by atoms with E-state index in [-0.39, 0.29) is 28.5 Å². The molecule has 2 unspecified atom stereocenters. The van der Waals surface area contributed by atoms with Gasteiger partial charge in [0.15, 0.2) is 0 Å². The molecule has 292 valence electrons. The van der Waals surface area contributed by atoms with Crippen LogP contribution in [0.5, 0.6) is 0 Å². The lowest BCUT2D eigenvalue weighted by Crippen LogP contribution is -2.65. The Morgan fingerprint density at radius 3 is 2.02 bits per heavy atom. The van der Waals surface area contributed by atoms with Crippen LogP contribution >= 0.6 is 11.6 Å². The Balaban J connectivity index is 1.24. The minimum atomic E-state index is -0.183. The second kappa shape index (κ2) is 12.6. The molecule has 4 aliphatic rings. The predicted octanol–water partition coefficient (Wildman–Crippen LogP) is 13.1. The Hall–Kier alpha value is -5.25. The zero-order valence-corrected chi connectivity index (χ0v) is 36.2. The lowest BCUT2D eigenvalue weighted by atomic mass is 9.33. The highest BCUT2D eigenvalue weighted by atomic mass is 35.5. The first-order valence-electron chi connectivity index (χ1n) is 21.7. The summed E-state index contributed by atoms with van der Waals surface area (Å²) >= 11 is 7.49. The number of hydrogen-bond acceptors (Lipinski definition) is 2. The number of para-hydroxylation sites is 1. The standard InChI is InChI=1S/C55H52BClN2/c1-52(2,3)39-24-26-46(42(31-39)37-23-22-35-16-11-12-17-36(35)30-37)58-47-27-25-40(53(4,5)6)32-45(47)56-44-21-15-20-43-51(44)59(49-34-41(57)33-48(58)50(49)56)54(7)28-13-14-29-55(43,54)38-18-9-8-10-19-38/h8-12,15-27,30-34H,13-14,28-29H2,1-7H3. The lowest BCUT2D eigenvalue weighted by Gasteiger charge is -2.54. The van der Waals surface area contributed by atoms with Crippen LogP contribution in [0.2, 0.25) is 5.02 Å². The molecule has 0 N–H and O–H groups in total. The molecular weight excluding hydrogens is 735 g/mol.